The number of rotatable bonds is 7. The van der Waals surface area contributed by atoms with Crippen molar-refractivity contribution in [3.63, 3.8) is 0 Å². The Balaban J connectivity index is 1.49. The van der Waals surface area contributed by atoms with E-state index in [9.17, 15) is 13.0 Å². The van der Waals surface area contributed by atoms with Gasteiger partial charge in [0.2, 0.25) is 5.13 Å². The number of hydrogen-bond acceptors (Lipinski definition) is 12. The number of azo groups is 1. The van der Waals surface area contributed by atoms with E-state index in [1.807, 2.05) is 6.07 Å². The highest BCUT2D eigenvalue weighted by Crippen LogP contribution is 2.35. The molecule has 5 rings (SSSR count). The van der Waals surface area contributed by atoms with Crippen molar-refractivity contribution in [3.05, 3.63) is 60.3 Å². The zero-order valence-corrected chi connectivity index (χ0v) is 20.7. The van der Waals surface area contributed by atoms with Crippen LogP contribution in [0, 0.1) is 6.92 Å². The summed E-state index contributed by atoms with van der Waals surface area (Å²) in [5.41, 5.74) is 8.30. The molecule has 0 fully saturated rings. The van der Waals surface area contributed by atoms with Gasteiger partial charge >= 0.3 is 0 Å². The molecule has 12 nitrogen and oxygen atoms in total. The summed E-state index contributed by atoms with van der Waals surface area (Å²) in [6, 6.07) is 15.0. The van der Waals surface area contributed by atoms with Crippen LogP contribution >= 0.6 is 23.4 Å². The smallest absolute Gasteiger partial charge is 0.295 e. The number of fused-ring (bicyclic) bond motifs is 2. The number of anilines is 1. The molecule has 0 unspecified atom stereocenters. The fraction of sp³-hybridized carbons (Fsp3) is 0.0476. The van der Waals surface area contributed by atoms with Crippen LogP contribution in [-0.2, 0) is 19.5 Å². The molecule has 0 aliphatic rings. The molecule has 5 aromatic rings. The van der Waals surface area contributed by atoms with Gasteiger partial charge in [-0.2, -0.15) is 13.5 Å². The molecule has 0 aliphatic heterocycles. The molecule has 0 spiro atoms. The van der Waals surface area contributed by atoms with Crippen LogP contribution in [0.1, 0.15) is 5.69 Å². The average molecular weight is 545 g/mol. The minimum Gasteiger partial charge on any atom is -0.382 e. The van der Waals surface area contributed by atoms with E-state index in [-0.39, 0.29) is 10.7 Å². The summed E-state index contributed by atoms with van der Waals surface area (Å²) in [6.07, 6.45) is 0. The summed E-state index contributed by atoms with van der Waals surface area (Å²) in [5.74, 6) is 0.195. The zero-order chi connectivity index (χ0) is 25.4. The first-order chi connectivity index (χ1) is 17.2. The molecule has 36 heavy (non-hydrogen) atoms. The first kappa shape index (κ1) is 24.3. The number of aromatic nitrogens is 3. The van der Waals surface area contributed by atoms with E-state index in [2.05, 4.69) is 29.7 Å². The third-order valence-electron chi connectivity index (χ3n) is 5.16. The lowest BCUT2D eigenvalue weighted by Crippen LogP contribution is -2.03. The molecule has 0 radical (unpaired) electrons. The quantitative estimate of drug-likeness (QED) is 0.0767. The molecule has 0 atom stereocenters. The molecular weight excluding hydrogens is 528 g/mol. The normalized spacial score (nSPS) is 12.3. The third-order valence-corrected chi connectivity index (χ3v) is 7.56. The average Bonchev–Trinajstić information content (AvgIpc) is 3.39. The number of benzene rings is 3. The second kappa shape index (κ2) is 9.55. The zero-order valence-electron chi connectivity index (χ0n) is 18.3. The van der Waals surface area contributed by atoms with Crippen LogP contribution in [0.2, 0.25) is 0 Å². The Labute approximate surface area is 211 Å². The number of nitrogen functional groups attached to an aromatic ring is 1. The fourth-order valence-corrected chi connectivity index (χ4v) is 5.45. The second-order valence-electron chi connectivity index (χ2n) is 7.42. The molecule has 4 N–H and O–H groups in total. The van der Waals surface area contributed by atoms with Gasteiger partial charge in [0.05, 0.1) is 33.6 Å². The molecule has 15 heteroatoms. The predicted molar refractivity (Wildman–Crippen MR) is 134 cm³/mol. The Hall–Kier alpha value is -3.44. The lowest BCUT2D eigenvalue weighted by Gasteiger charge is -2.08. The summed E-state index contributed by atoms with van der Waals surface area (Å²) in [5, 5.41) is 26.2. The number of nitrogens with two attached hydrogens (primary N) is 1. The van der Waals surface area contributed by atoms with Crippen molar-refractivity contribution < 1.29 is 27.6 Å². The van der Waals surface area contributed by atoms with Crippen LogP contribution in [0.4, 0.5) is 16.6 Å². The van der Waals surface area contributed by atoms with Gasteiger partial charge in [-0.3, -0.25) is 4.55 Å². The van der Waals surface area contributed by atoms with Gasteiger partial charge < -0.3 is 5.73 Å². The van der Waals surface area contributed by atoms with Crippen LogP contribution < -0.4 is 5.73 Å². The van der Waals surface area contributed by atoms with Crippen molar-refractivity contribution in [3.8, 4) is 5.69 Å². The second-order valence-corrected chi connectivity index (χ2v) is 10.6. The molecule has 184 valence electrons. The molecule has 0 saturated heterocycles. The van der Waals surface area contributed by atoms with Crippen molar-refractivity contribution in [1.29, 1.82) is 0 Å². The first-order valence-electron chi connectivity index (χ1n) is 10.1. The molecule has 0 bridgehead atoms. The highest BCUT2D eigenvalue weighted by Gasteiger charge is 2.18. The van der Waals surface area contributed by atoms with E-state index in [0.29, 0.717) is 43.4 Å². The highest BCUT2D eigenvalue weighted by molar-refractivity contribution is 7.94. The largest absolute Gasteiger partial charge is 0.382 e. The van der Waals surface area contributed by atoms with Gasteiger partial charge in [0.15, 0.2) is 11.5 Å². The Bertz CT molecular complexity index is 1750. The maximum Gasteiger partial charge on any atom is 0.295 e. The minimum absolute atomic E-state index is 0.195. The third kappa shape index (κ3) is 4.68. The molecule has 0 amide bonds. The standard InChI is InChI=1S/C21H16N6O6S3/c1-11-19(24-25-21-23-16-10-14(35-33-32-28)7-8-17(16)34-21)20(22)27(26-11)13-6-5-12-3-2-4-18(15(12)9-13)36(29,30)31/h2-10,28H,22H2,1H3,(H,29,30,31). The van der Waals surface area contributed by atoms with Crippen LogP contribution in [0.3, 0.4) is 0 Å². The molecule has 3 aromatic carbocycles. The number of aryl methyl sites for hydroxylation is 1. The van der Waals surface area contributed by atoms with Crippen molar-refractivity contribution >= 4 is 71.1 Å². The van der Waals surface area contributed by atoms with E-state index in [4.69, 9.17) is 11.0 Å². The van der Waals surface area contributed by atoms with E-state index >= 15 is 0 Å². The fourth-order valence-electron chi connectivity index (χ4n) is 3.58. The van der Waals surface area contributed by atoms with E-state index in [1.165, 1.54) is 22.1 Å². The van der Waals surface area contributed by atoms with Crippen molar-refractivity contribution in [2.45, 2.75) is 16.7 Å². The lowest BCUT2D eigenvalue weighted by atomic mass is 10.1. The summed E-state index contributed by atoms with van der Waals surface area (Å²) in [4.78, 5) is 4.88. The summed E-state index contributed by atoms with van der Waals surface area (Å²) < 4.78 is 40.0. The van der Waals surface area contributed by atoms with Crippen molar-refractivity contribution in [2.24, 2.45) is 10.2 Å². The van der Waals surface area contributed by atoms with Crippen LogP contribution in [0.25, 0.3) is 26.7 Å². The summed E-state index contributed by atoms with van der Waals surface area (Å²) >= 11 is 2.14. The number of hydrogen-bond donors (Lipinski definition) is 3. The van der Waals surface area contributed by atoms with E-state index < -0.39 is 10.1 Å². The van der Waals surface area contributed by atoms with Crippen molar-refractivity contribution in [2.75, 3.05) is 5.73 Å². The Kier molecular flexibility index (Phi) is 6.44. The van der Waals surface area contributed by atoms with Crippen molar-refractivity contribution in [1.82, 2.24) is 14.8 Å². The van der Waals surface area contributed by atoms with Crippen LogP contribution in [0.15, 0.2) is 74.6 Å². The van der Waals surface area contributed by atoms with Crippen LogP contribution in [-0.4, -0.2) is 33.0 Å². The Morgan fingerprint density at radius 3 is 2.75 bits per heavy atom. The predicted octanol–water partition coefficient (Wildman–Crippen LogP) is 5.62. The van der Waals surface area contributed by atoms with E-state index in [1.54, 1.807) is 49.4 Å². The molecule has 0 aliphatic carbocycles. The number of thiazole rings is 1. The maximum absolute atomic E-state index is 11.8. The summed E-state index contributed by atoms with van der Waals surface area (Å²) in [7, 11) is -4.43. The monoisotopic (exact) mass is 544 g/mol. The van der Waals surface area contributed by atoms with Gasteiger partial charge in [-0.15, -0.1) is 14.6 Å². The molecule has 2 aromatic heterocycles. The Morgan fingerprint density at radius 2 is 1.97 bits per heavy atom. The first-order valence-corrected chi connectivity index (χ1v) is 13.1. The van der Waals surface area contributed by atoms with Gasteiger partial charge in [-0.05, 0) is 48.7 Å². The maximum atomic E-state index is 11.8. The SMILES string of the molecule is Cc1nn(-c2ccc3cccc(S(=O)(=O)O)c3c2)c(N)c1N=Nc1nc2cc(SOOO)ccc2s1. The molecular formula is C21H16N6O6S3. The lowest BCUT2D eigenvalue weighted by molar-refractivity contribution is -0.432. The van der Waals surface area contributed by atoms with Crippen LogP contribution in [0.5, 0.6) is 0 Å². The van der Waals surface area contributed by atoms with E-state index in [0.717, 1.165) is 16.7 Å². The Morgan fingerprint density at radius 1 is 1.14 bits per heavy atom. The van der Waals surface area contributed by atoms with Gasteiger partial charge in [0, 0.05) is 10.3 Å². The molecule has 2 heterocycles. The number of nitrogens with zero attached hydrogens (tertiary/aromatic N) is 5. The van der Waals surface area contributed by atoms with Gasteiger partial charge in [0.1, 0.15) is 4.90 Å². The van der Waals surface area contributed by atoms with Gasteiger partial charge in [0.25, 0.3) is 10.1 Å². The van der Waals surface area contributed by atoms with Gasteiger partial charge in [-0.1, -0.05) is 34.6 Å². The molecule has 0 saturated carbocycles. The highest BCUT2D eigenvalue weighted by atomic mass is 32.2. The van der Waals surface area contributed by atoms with Gasteiger partial charge in [-0.25, -0.2) is 14.9 Å². The minimum atomic E-state index is -4.43. The topological polar surface area (TPSA) is 175 Å². The summed E-state index contributed by atoms with van der Waals surface area (Å²) in [6.45, 7) is 1.72.